The van der Waals surface area contributed by atoms with Gasteiger partial charge >= 0.3 is 0 Å². The molecule has 1 aliphatic heterocycles. The highest BCUT2D eigenvalue weighted by Gasteiger charge is 2.32. The second-order valence-corrected chi connectivity index (χ2v) is 8.74. The van der Waals surface area contributed by atoms with E-state index in [4.69, 9.17) is 0 Å². The van der Waals surface area contributed by atoms with Crippen molar-refractivity contribution in [2.24, 2.45) is 0 Å². The molecule has 1 fully saturated rings. The van der Waals surface area contributed by atoms with Crippen molar-refractivity contribution in [1.29, 1.82) is 0 Å². The molecule has 21 heavy (non-hydrogen) atoms. The standard InChI is InChI=1S/C16H26N2O2S/c1-13-6-7-15(14(2)12-13)21(19,20)18-10-8-17(9-11-18)16(3,4)5/h6-7,12H,8-11H2,1-5H3. The van der Waals surface area contributed by atoms with Crippen molar-refractivity contribution in [2.75, 3.05) is 26.2 Å². The summed E-state index contributed by atoms with van der Waals surface area (Å²) in [6.45, 7) is 13.0. The molecule has 1 saturated heterocycles. The van der Waals surface area contributed by atoms with Gasteiger partial charge in [-0.3, -0.25) is 4.90 Å². The van der Waals surface area contributed by atoms with E-state index in [1.807, 2.05) is 26.0 Å². The molecule has 0 amide bonds. The lowest BCUT2D eigenvalue weighted by molar-refractivity contribution is 0.0921. The number of benzene rings is 1. The highest BCUT2D eigenvalue weighted by Crippen LogP contribution is 2.24. The van der Waals surface area contributed by atoms with E-state index in [1.165, 1.54) is 0 Å². The lowest BCUT2D eigenvalue weighted by Gasteiger charge is -2.41. The van der Waals surface area contributed by atoms with E-state index in [1.54, 1.807) is 10.4 Å². The summed E-state index contributed by atoms with van der Waals surface area (Å²) in [6.07, 6.45) is 0. The molecule has 118 valence electrons. The van der Waals surface area contributed by atoms with Crippen LogP contribution in [0.2, 0.25) is 0 Å². The van der Waals surface area contributed by atoms with Crippen molar-refractivity contribution < 1.29 is 8.42 Å². The van der Waals surface area contributed by atoms with Gasteiger partial charge in [0.15, 0.2) is 0 Å². The number of aryl methyl sites for hydroxylation is 2. The Balaban J connectivity index is 2.19. The number of nitrogens with zero attached hydrogens (tertiary/aromatic N) is 2. The molecule has 1 aliphatic rings. The summed E-state index contributed by atoms with van der Waals surface area (Å²) in [5.41, 5.74) is 2.01. The molecule has 1 aromatic carbocycles. The molecule has 0 bridgehead atoms. The van der Waals surface area contributed by atoms with E-state index in [-0.39, 0.29) is 5.54 Å². The summed E-state index contributed by atoms with van der Waals surface area (Å²) in [5.74, 6) is 0. The minimum absolute atomic E-state index is 0.0929. The maximum Gasteiger partial charge on any atom is 0.243 e. The quantitative estimate of drug-likeness (QED) is 0.842. The molecule has 0 atom stereocenters. The van der Waals surface area contributed by atoms with E-state index in [0.29, 0.717) is 18.0 Å². The van der Waals surface area contributed by atoms with E-state index in [2.05, 4.69) is 25.7 Å². The van der Waals surface area contributed by atoms with Crippen molar-refractivity contribution in [3.05, 3.63) is 29.3 Å². The van der Waals surface area contributed by atoms with Crippen LogP contribution < -0.4 is 0 Å². The Labute approximate surface area is 128 Å². The van der Waals surface area contributed by atoms with E-state index in [9.17, 15) is 8.42 Å². The first-order valence-corrected chi connectivity index (χ1v) is 8.89. The molecule has 0 unspecified atom stereocenters. The van der Waals surface area contributed by atoms with Crippen LogP contribution in [0.25, 0.3) is 0 Å². The second kappa shape index (κ2) is 5.71. The summed E-state index contributed by atoms with van der Waals surface area (Å²) >= 11 is 0. The third kappa shape index (κ3) is 3.47. The van der Waals surface area contributed by atoms with E-state index < -0.39 is 10.0 Å². The highest BCUT2D eigenvalue weighted by molar-refractivity contribution is 7.89. The second-order valence-electron chi connectivity index (χ2n) is 6.83. The zero-order chi connectivity index (χ0) is 15.8. The minimum Gasteiger partial charge on any atom is -0.296 e. The van der Waals surface area contributed by atoms with Gasteiger partial charge in [0.05, 0.1) is 4.90 Å². The van der Waals surface area contributed by atoms with Gasteiger partial charge in [0, 0.05) is 31.7 Å². The third-order valence-electron chi connectivity index (χ3n) is 4.14. The Morgan fingerprint density at radius 1 is 1.00 bits per heavy atom. The maximum atomic E-state index is 12.8. The number of piperazine rings is 1. The molecule has 5 heteroatoms. The molecule has 0 saturated carbocycles. The molecule has 0 N–H and O–H groups in total. The SMILES string of the molecule is Cc1ccc(S(=O)(=O)N2CCN(C(C)(C)C)CC2)c(C)c1. The Hall–Kier alpha value is -0.910. The summed E-state index contributed by atoms with van der Waals surface area (Å²) in [5, 5.41) is 0. The predicted octanol–water partition coefficient (Wildman–Crippen LogP) is 2.41. The Morgan fingerprint density at radius 3 is 2.05 bits per heavy atom. The van der Waals surface area contributed by atoms with Crippen LogP contribution in [0.1, 0.15) is 31.9 Å². The summed E-state index contributed by atoms with van der Waals surface area (Å²) in [4.78, 5) is 2.78. The highest BCUT2D eigenvalue weighted by atomic mass is 32.2. The van der Waals surface area contributed by atoms with E-state index in [0.717, 1.165) is 24.2 Å². The fraction of sp³-hybridized carbons (Fsp3) is 0.625. The number of rotatable bonds is 2. The van der Waals surface area contributed by atoms with Gasteiger partial charge in [-0.15, -0.1) is 0 Å². The van der Waals surface area contributed by atoms with Crippen LogP contribution in [0, 0.1) is 13.8 Å². The van der Waals surface area contributed by atoms with Gasteiger partial charge in [-0.2, -0.15) is 4.31 Å². The van der Waals surface area contributed by atoms with Crippen molar-refractivity contribution in [2.45, 2.75) is 45.1 Å². The largest absolute Gasteiger partial charge is 0.296 e. The van der Waals surface area contributed by atoms with Gasteiger partial charge in [-0.1, -0.05) is 17.7 Å². The Morgan fingerprint density at radius 2 is 1.57 bits per heavy atom. The fourth-order valence-electron chi connectivity index (χ4n) is 2.83. The van der Waals surface area contributed by atoms with Crippen LogP contribution in [0.3, 0.4) is 0 Å². The van der Waals surface area contributed by atoms with Crippen molar-refractivity contribution in [1.82, 2.24) is 9.21 Å². The number of hydrogen-bond donors (Lipinski definition) is 0. The summed E-state index contributed by atoms with van der Waals surface area (Å²) in [7, 11) is -3.37. The molecule has 4 nitrogen and oxygen atoms in total. The number of hydrogen-bond acceptors (Lipinski definition) is 3. The van der Waals surface area contributed by atoms with Gasteiger partial charge in [-0.05, 0) is 46.2 Å². The monoisotopic (exact) mass is 310 g/mol. The van der Waals surface area contributed by atoms with Crippen molar-refractivity contribution >= 4 is 10.0 Å². The lowest BCUT2D eigenvalue weighted by atomic mass is 10.1. The normalized spacial score (nSPS) is 18.9. The molecule has 0 radical (unpaired) electrons. The molecule has 0 aliphatic carbocycles. The smallest absolute Gasteiger partial charge is 0.243 e. The van der Waals surface area contributed by atoms with Crippen molar-refractivity contribution in [3.8, 4) is 0 Å². The topological polar surface area (TPSA) is 40.6 Å². The molecule has 1 heterocycles. The first-order chi connectivity index (χ1) is 9.62. The molecule has 2 rings (SSSR count). The predicted molar refractivity (Wildman–Crippen MR) is 86.0 cm³/mol. The van der Waals surface area contributed by atoms with E-state index >= 15 is 0 Å². The van der Waals surface area contributed by atoms with Crippen LogP contribution in [-0.4, -0.2) is 49.3 Å². The zero-order valence-corrected chi connectivity index (χ0v) is 14.5. The first-order valence-electron chi connectivity index (χ1n) is 7.45. The van der Waals surface area contributed by atoms with Gasteiger partial charge in [0.1, 0.15) is 0 Å². The molecule has 0 spiro atoms. The summed E-state index contributed by atoms with van der Waals surface area (Å²) < 4.78 is 27.2. The maximum absolute atomic E-state index is 12.8. The Kier molecular flexibility index (Phi) is 4.47. The third-order valence-corrected chi connectivity index (χ3v) is 6.19. The average molecular weight is 310 g/mol. The van der Waals surface area contributed by atoms with Gasteiger partial charge < -0.3 is 0 Å². The summed E-state index contributed by atoms with van der Waals surface area (Å²) in [6, 6.07) is 5.53. The van der Waals surface area contributed by atoms with Crippen molar-refractivity contribution in [3.63, 3.8) is 0 Å². The Bertz CT molecular complexity index is 610. The molecular weight excluding hydrogens is 284 g/mol. The molecule has 1 aromatic rings. The fourth-order valence-corrected chi connectivity index (χ4v) is 4.46. The number of sulfonamides is 1. The zero-order valence-electron chi connectivity index (χ0n) is 13.7. The van der Waals surface area contributed by atoms with Gasteiger partial charge in [-0.25, -0.2) is 8.42 Å². The molecule has 0 aromatic heterocycles. The minimum atomic E-state index is -3.37. The first kappa shape index (κ1) is 16.5. The van der Waals surface area contributed by atoms with Crippen LogP contribution in [0.5, 0.6) is 0 Å². The lowest BCUT2D eigenvalue weighted by Crippen LogP contribution is -2.54. The van der Waals surface area contributed by atoms with Crippen LogP contribution >= 0.6 is 0 Å². The molecular formula is C16H26N2O2S. The van der Waals surface area contributed by atoms with Crippen LogP contribution in [0.15, 0.2) is 23.1 Å². The van der Waals surface area contributed by atoms with Crippen LogP contribution in [-0.2, 0) is 10.0 Å². The average Bonchev–Trinajstić information content (AvgIpc) is 2.37. The van der Waals surface area contributed by atoms with Crippen LogP contribution in [0.4, 0.5) is 0 Å². The van der Waals surface area contributed by atoms with Gasteiger partial charge in [0.25, 0.3) is 0 Å². The van der Waals surface area contributed by atoms with Gasteiger partial charge in [0.2, 0.25) is 10.0 Å².